The van der Waals surface area contributed by atoms with Gasteiger partial charge >= 0.3 is 0 Å². The quantitative estimate of drug-likeness (QED) is 0.784. The molecule has 1 aliphatic rings. The number of nitrogens with two attached hydrogens (primary N) is 1. The minimum Gasteiger partial charge on any atom is -0.490 e. The van der Waals surface area contributed by atoms with Gasteiger partial charge in [0.25, 0.3) is 0 Å². The van der Waals surface area contributed by atoms with Crippen molar-refractivity contribution in [3.63, 3.8) is 0 Å². The highest BCUT2D eigenvalue weighted by molar-refractivity contribution is 7.15. The van der Waals surface area contributed by atoms with Crippen molar-refractivity contribution in [2.75, 3.05) is 13.2 Å². The van der Waals surface area contributed by atoms with Gasteiger partial charge in [-0.2, -0.15) is 0 Å². The van der Waals surface area contributed by atoms with Gasteiger partial charge in [-0.1, -0.05) is 0 Å². The van der Waals surface area contributed by atoms with E-state index in [9.17, 15) is 0 Å². The van der Waals surface area contributed by atoms with E-state index in [4.69, 9.17) is 15.2 Å². The highest BCUT2D eigenvalue weighted by atomic mass is 32.1. The molecular formula is C14H14N4O2S. The van der Waals surface area contributed by atoms with E-state index in [0.717, 1.165) is 40.0 Å². The maximum atomic E-state index is 5.75. The van der Waals surface area contributed by atoms with E-state index >= 15 is 0 Å². The second-order valence-corrected chi connectivity index (χ2v) is 5.61. The minimum absolute atomic E-state index is 0.357. The lowest BCUT2D eigenvalue weighted by molar-refractivity contribution is 0.297. The number of thiazole rings is 1. The van der Waals surface area contributed by atoms with Gasteiger partial charge in [-0.25, -0.2) is 0 Å². The van der Waals surface area contributed by atoms with Crippen LogP contribution in [0.15, 0.2) is 23.6 Å². The van der Waals surface area contributed by atoms with Crippen molar-refractivity contribution in [3.8, 4) is 22.8 Å². The largest absolute Gasteiger partial charge is 0.490 e. The summed E-state index contributed by atoms with van der Waals surface area (Å²) >= 11 is 1.55. The van der Waals surface area contributed by atoms with Gasteiger partial charge < -0.3 is 15.2 Å². The van der Waals surface area contributed by atoms with Gasteiger partial charge in [-0.05, 0) is 18.2 Å². The molecule has 3 heterocycles. The molecular weight excluding hydrogens is 288 g/mol. The van der Waals surface area contributed by atoms with E-state index in [-0.39, 0.29) is 0 Å². The molecule has 0 atom stereocenters. The fraction of sp³-hybridized carbons (Fsp3) is 0.286. The molecule has 0 aliphatic carbocycles. The number of nitrogens with zero attached hydrogens (tertiary/aromatic N) is 3. The van der Waals surface area contributed by atoms with Crippen molar-refractivity contribution in [2.45, 2.75) is 13.0 Å². The Bertz CT molecular complexity index is 795. The van der Waals surface area contributed by atoms with Crippen molar-refractivity contribution < 1.29 is 9.47 Å². The molecule has 0 unspecified atom stereocenters. The van der Waals surface area contributed by atoms with E-state index in [0.29, 0.717) is 19.8 Å². The van der Waals surface area contributed by atoms with Crippen molar-refractivity contribution in [3.05, 3.63) is 29.4 Å². The Morgan fingerprint density at radius 2 is 2.05 bits per heavy atom. The number of benzene rings is 1. The number of rotatable bonds is 2. The number of aromatic nitrogens is 3. The first-order valence-corrected chi connectivity index (χ1v) is 7.66. The first kappa shape index (κ1) is 12.6. The molecule has 6 nitrogen and oxygen atoms in total. The zero-order chi connectivity index (χ0) is 14.2. The molecule has 7 heteroatoms. The van der Waals surface area contributed by atoms with Crippen LogP contribution in [0, 0.1) is 0 Å². The van der Waals surface area contributed by atoms with Crippen LogP contribution < -0.4 is 15.2 Å². The Morgan fingerprint density at radius 3 is 2.90 bits per heavy atom. The minimum atomic E-state index is 0.357. The van der Waals surface area contributed by atoms with Crippen LogP contribution in [-0.2, 0) is 6.54 Å². The Hall–Kier alpha value is -2.12. The van der Waals surface area contributed by atoms with Crippen LogP contribution in [0.5, 0.6) is 11.5 Å². The summed E-state index contributed by atoms with van der Waals surface area (Å²) < 4.78 is 13.4. The first-order chi connectivity index (χ1) is 10.4. The van der Waals surface area contributed by atoms with Crippen molar-refractivity contribution in [1.82, 2.24) is 14.6 Å². The standard InChI is InChI=1S/C14H14N4O2S/c15-7-13-16-17-14-18(13)10(8-21-14)9-2-3-11-12(6-9)20-5-1-4-19-11/h2-3,6,8H,1,4-5,7,15H2. The van der Waals surface area contributed by atoms with Gasteiger partial charge in [0, 0.05) is 17.4 Å². The summed E-state index contributed by atoms with van der Waals surface area (Å²) in [6, 6.07) is 5.98. The fourth-order valence-corrected chi connectivity index (χ4v) is 3.29. The molecule has 1 aromatic carbocycles. The molecule has 0 amide bonds. The van der Waals surface area contributed by atoms with Crippen LogP contribution in [0.25, 0.3) is 16.2 Å². The van der Waals surface area contributed by atoms with Gasteiger partial charge in [0.15, 0.2) is 17.3 Å². The van der Waals surface area contributed by atoms with Gasteiger partial charge in [-0.15, -0.1) is 21.5 Å². The summed E-state index contributed by atoms with van der Waals surface area (Å²) in [5, 5.41) is 10.3. The normalized spacial score (nSPS) is 14.3. The SMILES string of the molecule is NCc1nnc2scc(-c3ccc4c(c3)OCCCO4)n12. The van der Waals surface area contributed by atoms with E-state index in [2.05, 4.69) is 15.6 Å². The zero-order valence-corrected chi connectivity index (χ0v) is 12.1. The number of ether oxygens (including phenoxy) is 2. The van der Waals surface area contributed by atoms with Gasteiger partial charge in [0.2, 0.25) is 4.96 Å². The van der Waals surface area contributed by atoms with Crippen molar-refractivity contribution in [1.29, 1.82) is 0 Å². The van der Waals surface area contributed by atoms with Gasteiger partial charge in [0.05, 0.1) is 25.5 Å². The molecule has 1 aliphatic heterocycles. The lowest BCUT2D eigenvalue weighted by Gasteiger charge is -2.09. The molecule has 2 aromatic heterocycles. The fourth-order valence-electron chi connectivity index (χ4n) is 2.43. The summed E-state index contributed by atoms with van der Waals surface area (Å²) in [6.07, 6.45) is 0.898. The summed E-state index contributed by atoms with van der Waals surface area (Å²) in [5.41, 5.74) is 7.80. The molecule has 3 aromatic rings. The molecule has 0 fully saturated rings. The first-order valence-electron chi connectivity index (χ1n) is 6.78. The third-order valence-electron chi connectivity index (χ3n) is 3.44. The van der Waals surface area contributed by atoms with Crippen LogP contribution in [0.2, 0.25) is 0 Å². The van der Waals surface area contributed by atoms with E-state index in [1.54, 1.807) is 11.3 Å². The second-order valence-electron chi connectivity index (χ2n) is 4.77. The molecule has 108 valence electrons. The predicted octanol–water partition coefficient (Wildman–Crippen LogP) is 2.08. The van der Waals surface area contributed by atoms with Crippen LogP contribution in [0.1, 0.15) is 12.2 Å². The molecule has 0 spiro atoms. The molecule has 0 bridgehead atoms. The maximum absolute atomic E-state index is 5.75. The summed E-state index contributed by atoms with van der Waals surface area (Å²) in [7, 11) is 0. The molecule has 4 rings (SSSR count). The van der Waals surface area contributed by atoms with Crippen LogP contribution in [0.4, 0.5) is 0 Å². The average molecular weight is 302 g/mol. The van der Waals surface area contributed by atoms with Crippen molar-refractivity contribution in [2.24, 2.45) is 5.73 Å². The zero-order valence-electron chi connectivity index (χ0n) is 11.3. The molecule has 0 radical (unpaired) electrons. The number of fused-ring (bicyclic) bond motifs is 2. The number of hydrogen-bond acceptors (Lipinski definition) is 6. The molecule has 0 saturated carbocycles. The smallest absolute Gasteiger partial charge is 0.216 e. The number of hydrogen-bond donors (Lipinski definition) is 1. The Kier molecular flexibility index (Phi) is 3.01. The van der Waals surface area contributed by atoms with Crippen LogP contribution in [0.3, 0.4) is 0 Å². The van der Waals surface area contributed by atoms with Gasteiger partial charge in [0.1, 0.15) is 0 Å². The Labute approximate surface area is 125 Å². The second kappa shape index (κ2) is 5.01. The van der Waals surface area contributed by atoms with E-state index in [1.165, 1.54) is 0 Å². The van der Waals surface area contributed by atoms with Crippen molar-refractivity contribution >= 4 is 16.3 Å². The topological polar surface area (TPSA) is 74.7 Å². The summed E-state index contributed by atoms with van der Waals surface area (Å²) in [4.78, 5) is 0.845. The Balaban J connectivity index is 1.85. The van der Waals surface area contributed by atoms with E-state index in [1.807, 2.05) is 22.6 Å². The molecule has 0 saturated heterocycles. The monoisotopic (exact) mass is 302 g/mol. The van der Waals surface area contributed by atoms with E-state index < -0.39 is 0 Å². The lowest BCUT2D eigenvalue weighted by atomic mass is 10.1. The highest BCUT2D eigenvalue weighted by Crippen LogP contribution is 2.35. The highest BCUT2D eigenvalue weighted by Gasteiger charge is 2.16. The third-order valence-corrected chi connectivity index (χ3v) is 4.26. The Morgan fingerprint density at radius 1 is 1.19 bits per heavy atom. The summed E-state index contributed by atoms with van der Waals surface area (Å²) in [5.74, 6) is 2.34. The maximum Gasteiger partial charge on any atom is 0.216 e. The average Bonchev–Trinajstić information content (AvgIpc) is 3.01. The van der Waals surface area contributed by atoms with Crippen LogP contribution >= 0.6 is 11.3 Å². The molecule has 21 heavy (non-hydrogen) atoms. The molecule has 2 N–H and O–H groups in total. The van der Waals surface area contributed by atoms with Gasteiger partial charge in [-0.3, -0.25) is 4.40 Å². The lowest BCUT2D eigenvalue weighted by Crippen LogP contribution is -2.03. The predicted molar refractivity (Wildman–Crippen MR) is 79.8 cm³/mol. The summed E-state index contributed by atoms with van der Waals surface area (Å²) in [6.45, 7) is 1.73. The third kappa shape index (κ3) is 2.05. The van der Waals surface area contributed by atoms with Crippen LogP contribution in [-0.4, -0.2) is 27.8 Å².